The lowest BCUT2D eigenvalue weighted by atomic mass is 10.9. The van der Waals surface area contributed by atoms with Crippen LogP contribution in [-0.2, 0) is 0 Å². The van der Waals surface area contributed by atoms with Crippen LogP contribution in [0.25, 0.3) is 0 Å². The number of nitrogens with two attached hydrogens (primary N) is 2. The summed E-state index contributed by atoms with van der Waals surface area (Å²) < 4.78 is 0. The van der Waals surface area contributed by atoms with E-state index in [1.165, 1.54) is 0 Å². The maximum atomic E-state index is 7.57. The normalized spacial score (nSPS) is 7.75. The molecule has 0 spiro atoms. The molecule has 16 heavy (non-hydrogen) atoms. The van der Waals surface area contributed by atoms with Crippen molar-refractivity contribution in [3.8, 4) is 0 Å². The van der Waals surface area contributed by atoms with Crippen molar-refractivity contribution in [2.45, 2.75) is 13.8 Å². The van der Waals surface area contributed by atoms with E-state index < -0.39 is 0 Å². The van der Waals surface area contributed by atoms with Gasteiger partial charge >= 0.3 is 0 Å². The Kier molecular flexibility index (Phi) is 76.6. The molecule has 0 unspecified atom stereocenters. The van der Waals surface area contributed by atoms with Gasteiger partial charge in [0.15, 0.2) is 12.7 Å². The Labute approximate surface area is 94.1 Å². The molecule has 0 atom stereocenters. The van der Waals surface area contributed by atoms with Crippen LogP contribution in [0.15, 0.2) is 20.4 Å². The Balaban J connectivity index is -0.0000000621. The molecule has 0 heterocycles. The summed E-state index contributed by atoms with van der Waals surface area (Å²) in [6, 6.07) is 0. The minimum atomic E-state index is 0.250. The molecule has 10 nitrogen and oxygen atoms in total. The second kappa shape index (κ2) is 51.7. The molecular weight excluding hydrogens is 216 g/mol. The van der Waals surface area contributed by atoms with Gasteiger partial charge in [0.05, 0.1) is 0 Å². The zero-order chi connectivity index (χ0) is 13.7. The first-order valence-electron chi connectivity index (χ1n) is 4.04. The number of nitrogens with zero attached hydrogens (tertiary/aromatic N) is 4. The van der Waals surface area contributed by atoms with E-state index in [4.69, 9.17) is 21.3 Å². The van der Waals surface area contributed by atoms with E-state index in [1.54, 1.807) is 13.8 Å². The highest BCUT2D eigenvalue weighted by molar-refractivity contribution is 5.53. The number of nitrogens with one attached hydrogen (secondary N) is 2. The molecule has 0 aromatic rings. The molecule has 0 fully saturated rings. The number of rotatable bonds is 2. The molecule has 0 bridgehead atoms. The van der Waals surface area contributed by atoms with Crippen molar-refractivity contribution in [2.75, 3.05) is 13.2 Å². The highest BCUT2D eigenvalue weighted by Crippen LogP contribution is 1.45. The Morgan fingerprint density at radius 1 is 0.938 bits per heavy atom. The van der Waals surface area contributed by atoms with Gasteiger partial charge < -0.3 is 21.9 Å². The topological polar surface area (TPSA) is 190 Å². The molecule has 0 aliphatic rings. The molecule has 0 aromatic heterocycles. The number of aliphatic hydroxyl groups excluding tert-OH is 2. The molecule has 0 radical (unpaired) electrons. The summed E-state index contributed by atoms with van der Waals surface area (Å²) in [6.45, 7) is 3.86. The fourth-order valence-corrected chi connectivity index (χ4v) is 0.0667. The number of hydrogen-bond donors (Lipinski definition) is 6. The third-order valence-corrected chi connectivity index (χ3v) is 0.249. The van der Waals surface area contributed by atoms with E-state index in [2.05, 4.69) is 32.1 Å². The van der Waals surface area contributed by atoms with E-state index in [1.807, 2.05) is 0 Å². The quantitative estimate of drug-likeness (QED) is 0.128. The minimum Gasteiger partial charge on any atom is -0.397 e. The number of hydrogen-bond acceptors (Lipinski definition) is 8. The second-order valence-corrected chi connectivity index (χ2v) is 1.42. The monoisotopic (exact) mass is 236 g/mol. The van der Waals surface area contributed by atoms with Crippen LogP contribution < -0.4 is 11.7 Å². The van der Waals surface area contributed by atoms with Crippen molar-refractivity contribution in [3.05, 3.63) is 0 Å². The predicted octanol–water partition coefficient (Wildman–Crippen LogP) is -0.164. The molecule has 0 saturated carbocycles. The summed E-state index contributed by atoms with van der Waals surface area (Å²) in [4.78, 5) is 0. The fraction of sp³-hybridized carbons (Fsp3) is 0.667. The van der Waals surface area contributed by atoms with Gasteiger partial charge in [-0.05, 0) is 13.8 Å². The van der Waals surface area contributed by atoms with Crippen LogP contribution in [-0.4, -0.2) is 36.1 Å². The van der Waals surface area contributed by atoms with Crippen LogP contribution in [0.2, 0.25) is 0 Å². The standard InChI is InChI=1S/2C2H6O.2CH4N4/c2*1-2-3;2*2-4-1-5-3/h2*3H,2H2,1H3;2*1-2H,3H2. The third kappa shape index (κ3) is 348. The first-order chi connectivity index (χ1) is 7.66. The van der Waals surface area contributed by atoms with Crippen molar-refractivity contribution in [1.82, 2.24) is 0 Å². The van der Waals surface area contributed by atoms with Gasteiger partial charge in [0.25, 0.3) is 0 Å². The Bertz CT molecular complexity index is 143. The smallest absolute Gasteiger partial charge is 0.156 e. The highest BCUT2D eigenvalue weighted by Gasteiger charge is 1.44. The van der Waals surface area contributed by atoms with E-state index in [0.717, 1.165) is 12.7 Å². The molecule has 0 amide bonds. The van der Waals surface area contributed by atoms with E-state index in [0.29, 0.717) is 0 Å². The molecule has 0 rings (SSSR count). The van der Waals surface area contributed by atoms with Crippen molar-refractivity contribution in [2.24, 2.45) is 32.1 Å². The maximum absolute atomic E-state index is 7.57. The molecule has 0 saturated heterocycles. The van der Waals surface area contributed by atoms with Gasteiger partial charge in [-0.15, -0.1) is 10.2 Å². The molecule has 8 N–H and O–H groups in total. The van der Waals surface area contributed by atoms with E-state index >= 15 is 0 Å². The molecule has 0 aliphatic carbocycles. The highest BCUT2D eigenvalue weighted by atomic mass is 16.3. The average molecular weight is 236 g/mol. The molecule has 0 aliphatic heterocycles. The average Bonchev–Trinajstić information content (AvgIpc) is 2.23. The number of aliphatic hydroxyl groups is 2. The summed E-state index contributed by atoms with van der Waals surface area (Å²) in [7, 11) is 0. The van der Waals surface area contributed by atoms with Crippen molar-refractivity contribution in [3.63, 3.8) is 0 Å². The lowest BCUT2D eigenvalue weighted by molar-refractivity contribution is 0.318. The van der Waals surface area contributed by atoms with Gasteiger partial charge in [-0.1, -0.05) is 0 Å². The molecular formula is C6H20N8O2. The first-order valence-corrected chi connectivity index (χ1v) is 4.04. The number of hydrazone groups is 2. The third-order valence-electron chi connectivity index (χ3n) is 0.249. The van der Waals surface area contributed by atoms with Gasteiger partial charge in [-0.2, -0.15) is 10.2 Å². The van der Waals surface area contributed by atoms with Gasteiger partial charge in [-0.25, -0.2) is 11.1 Å². The Morgan fingerprint density at radius 2 is 1.12 bits per heavy atom. The lowest BCUT2D eigenvalue weighted by Crippen LogP contribution is -1.75. The van der Waals surface area contributed by atoms with Gasteiger partial charge in [0, 0.05) is 13.2 Å². The fourth-order valence-electron chi connectivity index (χ4n) is 0.0667. The zero-order valence-electron chi connectivity index (χ0n) is 9.41. The van der Waals surface area contributed by atoms with Crippen molar-refractivity contribution in [1.29, 1.82) is 11.1 Å². The van der Waals surface area contributed by atoms with Gasteiger partial charge in [-0.3, -0.25) is 0 Å². The van der Waals surface area contributed by atoms with Crippen LogP contribution in [0.5, 0.6) is 0 Å². The molecule has 96 valence electrons. The zero-order valence-corrected chi connectivity index (χ0v) is 9.41. The lowest BCUT2D eigenvalue weighted by Gasteiger charge is -1.58. The SMILES string of the molecule is CCO.CCO.N=NC=NN.N=NC=NN. The van der Waals surface area contributed by atoms with E-state index in [-0.39, 0.29) is 13.2 Å². The summed E-state index contributed by atoms with van der Waals surface area (Å²) >= 11 is 0. The van der Waals surface area contributed by atoms with Gasteiger partial charge in [0.1, 0.15) is 0 Å². The van der Waals surface area contributed by atoms with Crippen LogP contribution in [0, 0.1) is 11.1 Å². The Hall–Kier alpha value is -1.94. The summed E-state index contributed by atoms with van der Waals surface area (Å²) in [5, 5.41) is 26.3. The summed E-state index contributed by atoms with van der Waals surface area (Å²) in [6.07, 6.45) is 1.89. The van der Waals surface area contributed by atoms with Crippen LogP contribution >= 0.6 is 0 Å². The largest absolute Gasteiger partial charge is 0.397 e. The summed E-state index contributed by atoms with van der Waals surface area (Å²) in [5.41, 5.74) is 12.0. The van der Waals surface area contributed by atoms with E-state index in [9.17, 15) is 0 Å². The second-order valence-electron chi connectivity index (χ2n) is 1.42. The van der Waals surface area contributed by atoms with Crippen LogP contribution in [0.1, 0.15) is 13.8 Å². The van der Waals surface area contributed by atoms with Crippen LogP contribution in [0.4, 0.5) is 0 Å². The first kappa shape index (κ1) is 23.7. The molecule has 0 aromatic carbocycles. The molecule has 10 heteroatoms. The van der Waals surface area contributed by atoms with Crippen LogP contribution in [0.3, 0.4) is 0 Å². The maximum Gasteiger partial charge on any atom is 0.156 e. The van der Waals surface area contributed by atoms with Gasteiger partial charge in [0.2, 0.25) is 0 Å². The Morgan fingerprint density at radius 3 is 1.12 bits per heavy atom. The predicted molar refractivity (Wildman–Crippen MR) is 61.2 cm³/mol. The summed E-state index contributed by atoms with van der Waals surface area (Å²) in [5.74, 6) is 8.99. The minimum absolute atomic E-state index is 0.250. The van der Waals surface area contributed by atoms with Crippen molar-refractivity contribution < 1.29 is 10.2 Å². The van der Waals surface area contributed by atoms with Crippen molar-refractivity contribution >= 4 is 12.7 Å².